The fourth-order valence-corrected chi connectivity index (χ4v) is 2.77. The number of ether oxygens (including phenoxy) is 1. The standard InChI is InChI=1S/C16H19N3O2S.ClH/c1-11(20)18-16-19-14(10-22-16)8-7-12-3-5-13(6-4-12)9-15(17)21-2;/h3-6,10,17H,7-9H2,1-2H3,(H,18,19,20);1H. The van der Waals surface area contributed by atoms with Crippen molar-refractivity contribution in [3.05, 3.63) is 46.5 Å². The molecule has 0 unspecified atom stereocenters. The van der Waals surface area contributed by atoms with E-state index < -0.39 is 0 Å². The van der Waals surface area contributed by atoms with Gasteiger partial charge in [-0.25, -0.2) is 4.98 Å². The summed E-state index contributed by atoms with van der Waals surface area (Å²) in [5, 5.41) is 12.8. The molecule has 0 radical (unpaired) electrons. The zero-order chi connectivity index (χ0) is 15.9. The SMILES string of the molecule is COC(=N)Cc1ccc(CCc2csc(NC(C)=O)n2)cc1.Cl. The molecule has 1 amide bonds. The number of methoxy groups -OCH3 is 1. The number of rotatable bonds is 6. The minimum atomic E-state index is -0.0990. The zero-order valence-electron chi connectivity index (χ0n) is 13.1. The third kappa shape index (κ3) is 6.38. The highest BCUT2D eigenvalue weighted by atomic mass is 35.5. The molecule has 0 bridgehead atoms. The lowest BCUT2D eigenvalue weighted by atomic mass is 10.0. The topological polar surface area (TPSA) is 75.1 Å². The quantitative estimate of drug-likeness (QED) is 0.616. The Bertz CT molecular complexity index is 656. The van der Waals surface area contributed by atoms with E-state index in [-0.39, 0.29) is 24.2 Å². The lowest BCUT2D eigenvalue weighted by molar-refractivity contribution is -0.114. The number of amides is 1. The number of nitrogens with zero attached hydrogens (tertiary/aromatic N) is 1. The molecule has 1 aromatic carbocycles. The van der Waals surface area contributed by atoms with Crippen molar-refractivity contribution in [2.75, 3.05) is 12.4 Å². The highest BCUT2D eigenvalue weighted by Crippen LogP contribution is 2.17. The maximum Gasteiger partial charge on any atom is 0.223 e. The van der Waals surface area contributed by atoms with Crippen molar-refractivity contribution in [2.24, 2.45) is 0 Å². The normalized spacial score (nSPS) is 9.83. The Morgan fingerprint density at radius 1 is 1.26 bits per heavy atom. The van der Waals surface area contributed by atoms with E-state index in [4.69, 9.17) is 10.1 Å². The van der Waals surface area contributed by atoms with Gasteiger partial charge in [-0.3, -0.25) is 10.2 Å². The summed E-state index contributed by atoms with van der Waals surface area (Å²) in [6.07, 6.45) is 2.25. The molecular formula is C16H20ClN3O2S. The number of halogens is 1. The van der Waals surface area contributed by atoms with Crippen LogP contribution < -0.4 is 5.32 Å². The molecule has 0 fully saturated rings. The largest absolute Gasteiger partial charge is 0.484 e. The molecule has 0 aliphatic heterocycles. The van der Waals surface area contributed by atoms with Gasteiger partial charge in [0.15, 0.2) is 11.0 Å². The Hall–Kier alpha value is -1.92. The van der Waals surface area contributed by atoms with Crippen molar-refractivity contribution in [1.29, 1.82) is 5.41 Å². The molecule has 0 aliphatic rings. The van der Waals surface area contributed by atoms with E-state index in [0.29, 0.717) is 11.6 Å². The molecule has 7 heteroatoms. The Morgan fingerprint density at radius 3 is 2.52 bits per heavy atom. The van der Waals surface area contributed by atoms with Gasteiger partial charge in [-0.2, -0.15) is 0 Å². The van der Waals surface area contributed by atoms with Crippen molar-refractivity contribution < 1.29 is 9.53 Å². The highest BCUT2D eigenvalue weighted by Gasteiger charge is 2.04. The van der Waals surface area contributed by atoms with Gasteiger partial charge < -0.3 is 10.1 Å². The van der Waals surface area contributed by atoms with E-state index >= 15 is 0 Å². The van der Waals surface area contributed by atoms with Gasteiger partial charge in [0.05, 0.1) is 12.8 Å². The van der Waals surface area contributed by atoms with E-state index in [1.54, 1.807) is 0 Å². The number of benzene rings is 1. The van der Waals surface area contributed by atoms with E-state index in [0.717, 1.165) is 24.1 Å². The number of aryl methyl sites for hydroxylation is 2. The predicted octanol–water partition coefficient (Wildman–Crippen LogP) is 3.47. The first kappa shape index (κ1) is 19.1. The molecule has 124 valence electrons. The van der Waals surface area contributed by atoms with Crippen molar-refractivity contribution in [3.8, 4) is 0 Å². The molecule has 0 saturated carbocycles. The number of nitrogens with one attached hydrogen (secondary N) is 2. The Labute approximate surface area is 146 Å². The number of carbonyl (C=O) groups is 1. The minimum absolute atomic E-state index is 0. The second-order valence-electron chi connectivity index (χ2n) is 4.95. The van der Waals surface area contributed by atoms with Crippen LogP contribution in [0.2, 0.25) is 0 Å². The average molecular weight is 354 g/mol. The Morgan fingerprint density at radius 2 is 1.91 bits per heavy atom. The molecule has 23 heavy (non-hydrogen) atoms. The third-order valence-corrected chi connectivity index (χ3v) is 3.95. The molecule has 5 nitrogen and oxygen atoms in total. The summed E-state index contributed by atoms with van der Waals surface area (Å²) >= 11 is 1.44. The molecule has 2 aromatic rings. The highest BCUT2D eigenvalue weighted by molar-refractivity contribution is 7.13. The molecule has 1 heterocycles. The first-order chi connectivity index (χ1) is 10.6. The molecule has 1 aromatic heterocycles. The third-order valence-electron chi connectivity index (χ3n) is 3.14. The van der Waals surface area contributed by atoms with Crippen LogP contribution in [-0.4, -0.2) is 23.9 Å². The summed E-state index contributed by atoms with van der Waals surface area (Å²) in [6, 6.07) is 8.18. The van der Waals surface area contributed by atoms with E-state index in [9.17, 15) is 4.79 Å². The van der Waals surface area contributed by atoms with Gasteiger partial charge in [-0.15, -0.1) is 23.7 Å². The number of thiazole rings is 1. The smallest absolute Gasteiger partial charge is 0.223 e. The van der Waals surface area contributed by atoms with Gasteiger partial charge >= 0.3 is 0 Å². The van der Waals surface area contributed by atoms with Crippen LogP contribution >= 0.6 is 23.7 Å². The monoisotopic (exact) mass is 353 g/mol. The number of hydrogen-bond acceptors (Lipinski definition) is 5. The number of hydrogen-bond donors (Lipinski definition) is 2. The number of anilines is 1. The van der Waals surface area contributed by atoms with Crippen LogP contribution in [0.25, 0.3) is 0 Å². The van der Waals surface area contributed by atoms with Gasteiger partial charge in [-0.05, 0) is 24.0 Å². The minimum Gasteiger partial charge on any atom is -0.484 e. The van der Waals surface area contributed by atoms with Crippen LogP contribution in [0.1, 0.15) is 23.7 Å². The second kappa shape index (κ2) is 9.27. The van der Waals surface area contributed by atoms with E-state index in [1.807, 2.05) is 17.5 Å². The summed E-state index contributed by atoms with van der Waals surface area (Å²) in [5.41, 5.74) is 3.28. The fraction of sp³-hybridized carbons (Fsp3) is 0.312. The van der Waals surface area contributed by atoms with Crippen molar-refractivity contribution in [3.63, 3.8) is 0 Å². The fourth-order valence-electron chi connectivity index (χ4n) is 1.98. The van der Waals surface area contributed by atoms with Crippen molar-refractivity contribution in [1.82, 2.24) is 4.98 Å². The average Bonchev–Trinajstić information content (AvgIpc) is 2.93. The summed E-state index contributed by atoms with van der Waals surface area (Å²) in [7, 11) is 1.51. The van der Waals surface area contributed by atoms with Crippen LogP contribution in [0.4, 0.5) is 5.13 Å². The summed E-state index contributed by atoms with van der Waals surface area (Å²) in [6.45, 7) is 1.48. The molecule has 2 N–H and O–H groups in total. The molecule has 0 atom stereocenters. The summed E-state index contributed by atoms with van der Waals surface area (Å²) < 4.78 is 4.87. The van der Waals surface area contributed by atoms with Gasteiger partial charge in [0.1, 0.15) is 0 Å². The summed E-state index contributed by atoms with van der Waals surface area (Å²) in [4.78, 5) is 15.3. The maximum atomic E-state index is 11.0. The number of carbonyl (C=O) groups excluding carboxylic acids is 1. The second-order valence-corrected chi connectivity index (χ2v) is 5.80. The van der Waals surface area contributed by atoms with Crippen LogP contribution in [0.5, 0.6) is 0 Å². The van der Waals surface area contributed by atoms with E-state index in [1.165, 1.54) is 30.9 Å². The molecule has 0 aliphatic carbocycles. The first-order valence-electron chi connectivity index (χ1n) is 6.98. The van der Waals surface area contributed by atoms with Gasteiger partial charge in [-0.1, -0.05) is 24.3 Å². The molecule has 2 rings (SSSR count). The van der Waals surface area contributed by atoms with Crippen LogP contribution in [0.15, 0.2) is 29.6 Å². The molecule has 0 spiro atoms. The van der Waals surface area contributed by atoms with Crippen LogP contribution in [0, 0.1) is 5.41 Å². The predicted molar refractivity (Wildman–Crippen MR) is 96.0 cm³/mol. The summed E-state index contributed by atoms with van der Waals surface area (Å²) in [5.74, 6) is 0.166. The van der Waals surface area contributed by atoms with Gasteiger partial charge in [0.2, 0.25) is 5.91 Å². The zero-order valence-corrected chi connectivity index (χ0v) is 14.7. The van der Waals surface area contributed by atoms with Crippen molar-refractivity contribution in [2.45, 2.75) is 26.2 Å². The molecular weight excluding hydrogens is 334 g/mol. The van der Waals surface area contributed by atoms with Crippen molar-refractivity contribution >= 4 is 40.7 Å². The Kier molecular flexibility index (Phi) is 7.71. The Balaban J connectivity index is 0.00000264. The van der Waals surface area contributed by atoms with Crippen LogP contribution in [0.3, 0.4) is 0 Å². The first-order valence-corrected chi connectivity index (χ1v) is 7.86. The lowest BCUT2D eigenvalue weighted by Crippen LogP contribution is -2.05. The maximum absolute atomic E-state index is 11.0. The molecule has 0 saturated heterocycles. The number of aromatic nitrogens is 1. The van der Waals surface area contributed by atoms with E-state index in [2.05, 4.69) is 22.4 Å². The van der Waals surface area contributed by atoms with Gasteiger partial charge in [0, 0.05) is 18.7 Å². The van der Waals surface area contributed by atoms with Gasteiger partial charge in [0.25, 0.3) is 0 Å². The van der Waals surface area contributed by atoms with Crippen LogP contribution in [-0.2, 0) is 28.8 Å². The lowest BCUT2D eigenvalue weighted by Gasteiger charge is -2.04.